The number of hydrogen-bond donors (Lipinski definition) is 2. The van der Waals surface area contributed by atoms with Crippen LogP contribution in [0.4, 0.5) is 0 Å². The summed E-state index contributed by atoms with van der Waals surface area (Å²) in [5.74, 6) is 0. The van der Waals surface area contributed by atoms with E-state index in [4.69, 9.17) is 0 Å². The Bertz CT molecular complexity index is 499. The number of rotatable bonds is 11. The quantitative estimate of drug-likeness (QED) is 0.195. The zero-order chi connectivity index (χ0) is 19.4. The molecule has 21 heteroatoms. The number of nitrogens with zero attached hydrogens (tertiary/aromatic N) is 2. The van der Waals surface area contributed by atoms with E-state index in [2.05, 4.69) is 0 Å². The fourth-order valence-corrected chi connectivity index (χ4v) is 4.88. The predicted octanol–water partition coefficient (Wildman–Crippen LogP) is -6.60. The van der Waals surface area contributed by atoms with Crippen molar-refractivity contribution in [2.24, 2.45) is 0 Å². The average molecular weight is 657 g/mol. The molecule has 0 aromatic carbocycles. The van der Waals surface area contributed by atoms with E-state index in [1.54, 1.807) is 0 Å². The first-order chi connectivity index (χ1) is 10.4. The summed E-state index contributed by atoms with van der Waals surface area (Å²) in [6.45, 7) is -1.55. The van der Waals surface area contributed by atoms with Crippen molar-refractivity contribution in [2.75, 3.05) is 38.2 Å². The van der Waals surface area contributed by atoms with Crippen molar-refractivity contribution in [3.8, 4) is 0 Å². The first-order valence-corrected chi connectivity index (χ1v) is 12.8. The Balaban J connectivity index is -0.000000882. The van der Waals surface area contributed by atoms with Gasteiger partial charge in [-0.3, -0.25) is 9.80 Å². The predicted molar refractivity (Wildman–Crippen MR) is 73.4 cm³/mol. The van der Waals surface area contributed by atoms with E-state index >= 15 is 0 Å². The molecule has 16 nitrogen and oxygen atoms in total. The van der Waals surface area contributed by atoms with Crippen LogP contribution in [0.3, 0.4) is 0 Å². The molecule has 0 saturated heterocycles. The molecule has 0 aliphatic carbocycles. The molecular weight excluding hydrogens is 639 g/mol. The standard InChI is InChI=1S/C6H20N2O12P4.2H3N.Pt/c9-21(10,11)3-7(4-22(12,13)14)1-2-8(5-23(15,16)17)6-24(18,19)20;;;/h1-6H2,(H2,9,10,11)(H2,12,13,14)(H2,15,16,17)(H2,18,19,20);2*1H3;/q;;;+2/p-8. The number of hydrogen-bond acceptors (Lipinski definition) is 16. The summed E-state index contributed by atoms with van der Waals surface area (Å²) < 4.78 is 42.7. The third kappa shape index (κ3) is 25.1. The van der Waals surface area contributed by atoms with Crippen molar-refractivity contribution < 1.29 is 78.5 Å². The van der Waals surface area contributed by atoms with Crippen LogP contribution >= 0.6 is 30.4 Å². The van der Waals surface area contributed by atoms with Gasteiger partial charge in [-0.05, 0) is 0 Å². The Morgan fingerprint density at radius 3 is 0.741 bits per heavy atom. The Kier molecular flexibility index (Phi) is 17.7. The van der Waals surface area contributed by atoms with Crippen LogP contribution < -0.4 is 51.4 Å². The third-order valence-corrected chi connectivity index (χ3v) is 5.21. The molecule has 6 N–H and O–H groups in total. The molecule has 0 unspecified atom stereocenters. The fourth-order valence-electron chi connectivity index (χ4n) is 1.63. The van der Waals surface area contributed by atoms with E-state index in [1.165, 1.54) is 0 Å². The topological polar surface area (TPSA) is 329 Å². The SMILES string of the molecule is N.N.O=P([O-])([O-])CN(CCN(CP(=O)([O-])[O-])CP(=O)([O-])[O-])CP(=O)([O-])[O-].[Pt+2]. The maximum absolute atomic E-state index is 10.7. The van der Waals surface area contributed by atoms with E-state index in [1.807, 2.05) is 0 Å². The van der Waals surface area contributed by atoms with Crippen molar-refractivity contribution in [1.29, 1.82) is 0 Å². The van der Waals surface area contributed by atoms with Crippen LogP contribution in [0.25, 0.3) is 0 Å². The molecule has 0 aromatic rings. The summed E-state index contributed by atoms with van der Waals surface area (Å²) in [5, 5.41) is 0. The summed E-state index contributed by atoms with van der Waals surface area (Å²) in [7, 11) is -21.2. The molecule has 0 heterocycles. The average Bonchev–Trinajstić information content (AvgIpc) is 2.16. The molecule has 0 saturated carbocycles. The van der Waals surface area contributed by atoms with Crippen LogP contribution in [-0.4, -0.2) is 48.0 Å². The van der Waals surface area contributed by atoms with Crippen molar-refractivity contribution in [1.82, 2.24) is 22.1 Å². The molecule has 170 valence electrons. The summed E-state index contributed by atoms with van der Waals surface area (Å²) in [5.41, 5.74) is 0. The molecule has 0 spiro atoms. The van der Waals surface area contributed by atoms with Gasteiger partial charge in [0.1, 0.15) is 0 Å². The van der Waals surface area contributed by atoms with Crippen molar-refractivity contribution >= 4 is 30.4 Å². The van der Waals surface area contributed by atoms with Gasteiger partial charge < -0.3 is 69.7 Å². The summed E-state index contributed by atoms with van der Waals surface area (Å²) in [6, 6.07) is 0. The maximum Gasteiger partial charge on any atom is 2.00 e. The normalized spacial score (nSPS) is 13.0. The van der Waals surface area contributed by atoms with Gasteiger partial charge in [0, 0.05) is 38.2 Å². The second-order valence-electron chi connectivity index (χ2n) is 4.80. The van der Waals surface area contributed by atoms with Crippen LogP contribution in [0, 0.1) is 0 Å². The molecule has 0 bridgehead atoms. The zero-order valence-corrected chi connectivity index (χ0v) is 19.4. The molecule has 0 aromatic heterocycles. The Morgan fingerprint density at radius 2 is 0.630 bits per heavy atom. The Labute approximate surface area is 169 Å². The van der Waals surface area contributed by atoms with E-state index in [9.17, 15) is 57.4 Å². The molecule has 0 radical (unpaired) electrons. The second kappa shape index (κ2) is 13.4. The summed E-state index contributed by atoms with van der Waals surface area (Å²) >= 11 is 0. The molecular formula is C6H18N4O12P4Pt-6. The maximum atomic E-state index is 10.7. The molecule has 27 heavy (non-hydrogen) atoms. The minimum absolute atomic E-state index is 0. The van der Waals surface area contributed by atoms with E-state index < -0.39 is 68.6 Å². The van der Waals surface area contributed by atoms with Gasteiger partial charge in [-0.2, -0.15) is 0 Å². The zero-order valence-electron chi connectivity index (χ0n) is 13.6. The first-order valence-electron chi connectivity index (χ1n) is 5.85. The molecule has 0 amide bonds. The van der Waals surface area contributed by atoms with Gasteiger partial charge in [-0.1, -0.05) is 30.4 Å². The van der Waals surface area contributed by atoms with Gasteiger partial charge >= 0.3 is 21.1 Å². The monoisotopic (exact) mass is 657 g/mol. The largest absolute Gasteiger partial charge is 2.00 e. The van der Waals surface area contributed by atoms with Gasteiger partial charge in [-0.25, -0.2) is 0 Å². The van der Waals surface area contributed by atoms with Crippen LogP contribution in [0.2, 0.25) is 0 Å². The summed E-state index contributed by atoms with van der Waals surface area (Å²) in [4.78, 5) is 85.9. The van der Waals surface area contributed by atoms with Gasteiger partial charge in [0.05, 0.1) is 0 Å². The van der Waals surface area contributed by atoms with Gasteiger partial charge in [0.15, 0.2) is 0 Å². The van der Waals surface area contributed by atoms with Crippen LogP contribution in [-0.2, 0) is 39.3 Å². The second-order valence-corrected chi connectivity index (χ2v) is 10.8. The van der Waals surface area contributed by atoms with Crippen molar-refractivity contribution in [3.63, 3.8) is 0 Å². The molecule has 0 aliphatic heterocycles. The van der Waals surface area contributed by atoms with Crippen LogP contribution in [0.15, 0.2) is 0 Å². The molecule has 0 atom stereocenters. The van der Waals surface area contributed by atoms with Gasteiger partial charge in [0.2, 0.25) is 0 Å². The van der Waals surface area contributed by atoms with Gasteiger partial charge in [-0.15, -0.1) is 0 Å². The minimum Gasteiger partial charge on any atom is -0.810 e. The smallest absolute Gasteiger partial charge is 0.810 e. The Morgan fingerprint density at radius 1 is 0.481 bits per heavy atom. The van der Waals surface area contributed by atoms with E-state index in [0.717, 1.165) is 0 Å². The Hall–Kier alpha value is 1.13. The van der Waals surface area contributed by atoms with E-state index in [-0.39, 0.29) is 33.4 Å². The molecule has 0 aliphatic rings. The van der Waals surface area contributed by atoms with Crippen molar-refractivity contribution in [3.05, 3.63) is 0 Å². The molecule has 0 fully saturated rings. The van der Waals surface area contributed by atoms with Crippen molar-refractivity contribution in [2.45, 2.75) is 0 Å². The van der Waals surface area contributed by atoms with E-state index in [0.29, 0.717) is 9.80 Å². The molecule has 0 rings (SSSR count). The van der Waals surface area contributed by atoms with Crippen LogP contribution in [0.5, 0.6) is 0 Å². The third-order valence-electron chi connectivity index (χ3n) is 2.23. The van der Waals surface area contributed by atoms with Gasteiger partial charge in [0.25, 0.3) is 0 Å². The van der Waals surface area contributed by atoms with Crippen LogP contribution in [0.1, 0.15) is 0 Å². The summed E-state index contributed by atoms with van der Waals surface area (Å²) in [6.07, 6.45) is -5.63. The minimum atomic E-state index is -5.30. The fraction of sp³-hybridized carbons (Fsp3) is 1.00. The first kappa shape index (κ1) is 35.6.